The largest absolute Gasteiger partial charge is 0.479 e. The van der Waals surface area contributed by atoms with E-state index in [0.29, 0.717) is 6.42 Å². The van der Waals surface area contributed by atoms with Gasteiger partial charge in [0.05, 0.1) is 13.2 Å². The van der Waals surface area contributed by atoms with E-state index in [2.05, 4.69) is 31.2 Å². The molecule has 0 unspecified atom stereocenters. The van der Waals surface area contributed by atoms with Crippen LogP contribution in [0, 0.1) is 11.3 Å². The number of benzene rings is 1. The lowest BCUT2D eigenvalue weighted by Gasteiger charge is -2.28. The summed E-state index contributed by atoms with van der Waals surface area (Å²) in [6.45, 7) is 0. The molecule has 5 nitrogen and oxygen atoms in total. The van der Waals surface area contributed by atoms with Gasteiger partial charge >= 0.3 is 6.18 Å². The molecule has 0 fully saturated rings. The number of alkyl halides is 3. The molecule has 1 aliphatic carbocycles. The van der Waals surface area contributed by atoms with Gasteiger partial charge in [0, 0.05) is 4.47 Å². The van der Waals surface area contributed by atoms with Crippen LogP contribution in [0.2, 0.25) is 0 Å². The highest BCUT2D eigenvalue weighted by molar-refractivity contribution is 9.10. The summed E-state index contributed by atoms with van der Waals surface area (Å²) >= 11 is 3.49. The fourth-order valence-corrected chi connectivity index (χ4v) is 3.63. The van der Waals surface area contributed by atoms with Crippen molar-refractivity contribution in [2.75, 3.05) is 12.4 Å². The van der Waals surface area contributed by atoms with E-state index in [1.807, 2.05) is 18.2 Å². The summed E-state index contributed by atoms with van der Waals surface area (Å²) in [5.41, 5.74) is 0.261. The third kappa shape index (κ3) is 3.46. The monoisotopic (exact) mass is 426 g/mol. The SMILES string of the molecule is COc1nc(N[C@H]2CCCc3c(Br)cccc32)c(C(F)(F)F)nc1C#N. The Morgan fingerprint density at radius 3 is 2.77 bits per heavy atom. The molecule has 0 saturated carbocycles. The van der Waals surface area contributed by atoms with Crippen molar-refractivity contribution in [3.63, 3.8) is 0 Å². The predicted octanol–water partition coefficient (Wildman–Crippen LogP) is 4.63. The maximum atomic E-state index is 13.4. The molecular formula is C17H14BrF3N4O. The van der Waals surface area contributed by atoms with Gasteiger partial charge in [-0.1, -0.05) is 28.1 Å². The molecule has 1 aromatic carbocycles. The van der Waals surface area contributed by atoms with Crippen LogP contribution in [0.5, 0.6) is 5.88 Å². The van der Waals surface area contributed by atoms with E-state index in [4.69, 9.17) is 10.00 Å². The van der Waals surface area contributed by atoms with Crippen LogP contribution < -0.4 is 10.1 Å². The first kappa shape index (κ1) is 18.5. The number of rotatable bonds is 3. The fourth-order valence-electron chi connectivity index (χ4n) is 3.05. The number of nitrogens with one attached hydrogen (secondary N) is 1. The van der Waals surface area contributed by atoms with Gasteiger partial charge in [-0.3, -0.25) is 0 Å². The molecule has 3 rings (SSSR count). The lowest BCUT2D eigenvalue weighted by molar-refractivity contribution is -0.140. The Labute approximate surface area is 156 Å². The van der Waals surface area contributed by atoms with Crippen LogP contribution in [-0.4, -0.2) is 17.1 Å². The van der Waals surface area contributed by atoms with Crippen molar-refractivity contribution in [2.45, 2.75) is 31.5 Å². The van der Waals surface area contributed by atoms with E-state index in [9.17, 15) is 13.2 Å². The second-order valence-electron chi connectivity index (χ2n) is 5.79. The van der Waals surface area contributed by atoms with Gasteiger partial charge in [0.2, 0.25) is 5.69 Å². The molecule has 0 radical (unpaired) electrons. The first-order valence-corrected chi connectivity index (χ1v) is 8.61. The molecule has 26 heavy (non-hydrogen) atoms. The predicted molar refractivity (Wildman–Crippen MR) is 91.7 cm³/mol. The zero-order valence-electron chi connectivity index (χ0n) is 13.7. The lowest BCUT2D eigenvalue weighted by atomic mass is 9.87. The first-order chi connectivity index (χ1) is 12.3. The number of aromatic nitrogens is 2. The molecule has 1 atom stereocenters. The molecule has 0 spiro atoms. The Balaban J connectivity index is 2.06. The number of nitrogens with zero attached hydrogens (tertiary/aromatic N) is 3. The molecule has 0 bridgehead atoms. The average molecular weight is 427 g/mol. The molecule has 1 N–H and O–H groups in total. The summed E-state index contributed by atoms with van der Waals surface area (Å²) in [5.74, 6) is -0.681. The Morgan fingerprint density at radius 2 is 2.12 bits per heavy atom. The number of hydrogen-bond donors (Lipinski definition) is 1. The molecule has 2 aromatic rings. The first-order valence-electron chi connectivity index (χ1n) is 7.82. The number of hydrogen-bond acceptors (Lipinski definition) is 5. The van der Waals surface area contributed by atoms with Gasteiger partial charge in [-0.2, -0.15) is 23.4 Å². The van der Waals surface area contributed by atoms with Gasteiger partial charge in [0.15, 0.2) is 11.5 Å². The minimum Gasteiger partial charge on any atom is -0.479 e. The van der Waals surface area contributed by atoms with Gasteiger partial charge in [-0.15, -0.1) is 0 Å². The molecule has 1 aromatic heterocycles. The van der Waals surface area contributed by atoms with Crippen molar-refractivity contribution in [3.05, 3.63) is 45.2 Å². The Hall–Kier alpha value is -2.34. The van der Waals surface area contributed by atoms with Crippen molar-refractivity contribution < 1.29 is 17.9 Å². The van der Waals surface area contributed by atoms with Crippen LogP contribution in [0.1, 0.15) is 41.4 Å². The maximum Gasteiger partial charge on any atom is 0.437 e. The topological polar surface area (TPSA) is 70.8 Å². The van der Waals surface area contributed by atoms with Crippen molar-refractivity contribution in [2.24, 2.45) is 0 Å². The maximum absolute atomic E-state index is 13.4. The molecule has 0 aliphatic heterocycles. The average Bonchev–Trinajstić information content (AvgIpc) is 2.61. The number of methoxy groups -OCH3 is 1. The second-order valence-corrected chi connectivity index (χ2v) is 6.64. The summed E-state index contributed by atoms with van der Waals surface area (Å²) in [6.07, 6.45) is -2.41. The molecule has 136 valence electrons. The Kier molecular flexibility index (Phi) is 5.05. The minimum absolute atomic E-state index is 0.242. The van der Waals surface area contributed by atoms with Gasteiger partial charge in [0.25, 0.3) is 5.88 Å². The fraction of sp³-hybridized carbons (Fsp3) is 0.353. The molecule has 1 heterocycles. The van der Waals surface area contributed by atoms with Gasteiger partial charge in [-0.25, -0.2) is 4.98 Å². The highest BCUT2D eigenvalue weighted by Gasteiger charge is 2.39. The second kappa shape index (κ2) is 7.11. The standard InChI is InChI=1S/C17H14BrF3N4O/c1-26-16-13(8-22)23-14(17(19,20)21)15(25-16)24-12-7-3-4-9-10(12)5-2-6-11(9)18/h2,5-6,12H,3-4,7H2,1H3,(H,24,25)/t12-/m0/s1. The zero-order chi connectivity index (χ0) is 18.9. The van der Waals surface area contributed by atoms with E-state index in [0.717, 1.165) is 28.4 Å². The van der Waals surface area contributed by atoms with E-state index in [1.54, 1.807) is 6.07 Å². The normalized spacial score (nSPS) is 16.5. The zero-order valence-corrected chi connectivity index (χ0v) is 15.3. The molecule has 1 aliphatic rings. The van der Waals surface area contributed by atoms with Crippen molar-refractivity contribution in [1.29, 1.82) is 5.26 Å². The minimum atomic E-state index is -4.75. The summed E-state index contributed by atoms with van der Waals surface area (Å²) in [4.78, 5) is 7.29. The number of ether oxygens (including phenoxy) is 1. The third-order valence-electron chi connectivity index (χ3n) is 4.19. The molecule has 0 saturated heterocycles. The number of anilines is 1. The quantitative estimate of drug-likeness (QED) is 0.774. The summed E-state index contributed by atoms with van der Waals surface area (Å²) in [6, 6.07) is 6.88. The van der Waals surface area contributed by atoms with Crippen LogP contribution in [0.3, 0.4) is 0 Å². The van der Waals surface area contributed by atoms with Crippen molar-refractivity contribution in [1.82, 2.24) is 9.97 Å². The van der Waals surface area contributed by atoms with Crippen molar-refractivity contribution in [3.8, 4) is 11.9 Å². The van der Waals surface area contributed by atoms with E-state index in [1.165, 1.54) is 7.11 Å². The van der Waals surface area contributed by atoms with E-state index < -0.39 is 23.4 Å². The highest BCUT2D eigenvalue weighted by Crippen LogP contribution is 2.39. The highest BCUT2D eigenvalue weighted by atomic mass is 79.9. The summed E-state index contributed by atoms with van der Waals surface area (Å²) in [7, 11) is 1.23. The third-order valence-corrected chi connectivity index (χ3v) is 4.94. The van der Waals surface area contributed by atoms with Gasteiger partial charge < -0.3 is 10.1 Å². The lowest BCUT2D eigenvalue weighted by Crippen LogP contribution is -2.22. The number of nitriles is 1. The van der Waals surface area contributed by atoms with Crippen LogP contribution >= 0.6 is 15.9 Å². The van der Waals surface area contributed by atoms with Gasteiger partial charge in [0.1, 0.15) is 6.07 Å². The Bertz CT molecular complexity index is 880. The molecular weight excluding hydrogens is 413 g/mol. The van der Waals surface area contributed by atoms with Crippen LogP contribution in [0.4, 0.5) is 19.0 Å². The van der Waals surface area contributed by atoms with Crippen LogP contribution in [0.25, 0.3) is 0 Å². The van der Waals surface area contributed by atoms with Crippen LogP contribution in [-0.2, 0) is 12.6 Å². The summed E-state index contributed by atoms with van der Waals surface area (Å²) < 4.78 is 46.1. The molecule has 0 amide bonds. The number of fused-ring (bicyclic) bond motifs is 1. The summed E-state index contributed by atoms with van der Waals surface area (Å²) in [5, 5.41) is 11.8. The van der Waals surface area contributed by atoms with Crippen LogP contribution in [0.15, 0.2) is 22.7 Å². The molecule has 9 heteroatoms. The Morgan fingerprint density at radius 1 is 1.35 bits per heavy atom. The van der Waals surface area contributed by atoms with Gasteiger partial charge in [-0.05, 0) is 36.5 Å². The number of halogens is 4. The smallest absolute Gasteiger partial charge is 0.437 e. The van der Waals surface area contributed by atoms with E-state index >= 15 is 0 Å². The van der Waals surface area contributed by atoms with Crippen molar-refractivity contribution >= 4 is 21.7 Å². The van der Waals surface area contributed by atoms with E-state index in [-0.39, 0.29) is 11.9 Å².